The molecule has 6 aliphatic rings. The standard InChI is InChI=1S/C36H58O10/c1-31(2)11-13-36(30(44)46-29-27(42)26(41)25(40)22(17-37)45-29)14-12-34(5)19(20(36)15-31)7-8-24-32(3)16-21(39)28(43)33(4,18-38)23(32)9-10-35(24,34)6/h7,20-29,37-43H,8-18H2,1-6H3/t20-,21-,22-,23+,24-,25-,26+,27-,28+,29+,32+,33+,34-,35-,36+/m1/s1. The molecule has 15 atom stereocenters. The molecule has 0 aromatic carbocycles. The van der Waals surface area contributed by atoms with E-state index in [0.29, 0.717) is 19.3 Å². The second-order valence-electron chi connectivity index (χ2n) is 17.9. The van der Waals surface area contributed by atoms with Gasteiger partial charge in [0.05, 0.1) is 30.8 Å². The smallest absolute Gasteiger partial charge is 0.315 e. The lowest BCUT2D eigenvalue weighted by Crippen LogP contribution is -2.68. The number of carbonyl (C=O) groups is 1. The molecule has 10 heteroatoms. The van der Waals surface area contributed by atoms with Crippen molar-refractivity contribution in [3.63, 3.8) is 0 Å². The summed E-state index contributed by atoms with van der Waals surface area (Å²) in [6, 6.07) is 0. The van der Waals surface area contributed by atoms with Gasteiger partial charge in [0.1, 0.15) is 24.4 Å². The first-order chi connectivity index (χ1) is 21.3. The molecule has 10 nitrogen and oxygen atoms in total. The van der Waals surface area contributed by atoms with Crippen LogP contribution in [0.25, 0.3) is 0 Å². The molecule has 7 N–H and O–H groups in total. The van der Waals surface area contributed by atoms with Crippen LogP contribution in [0.1, 0.15) is 99.3 Å². The number of hydrogen-bond donors (Lipinski definition) is 7. The van der Waals surface area contributed by atoms with Crippen LogP contribution in [0.15, 0.2) is 11.6 Å². The maximum absolute atomic E-state index is 14.4. The molecule has 46 heavy (non-hydrogen) atoms. The van der Waals surface area contributed by atoms with E-state index >= 15 is 0 Å². The molecule has 5 aliphatic carbocycles. The van der Waals surface area contributed by atoms with Crippen molar-refractivity contribution in [3.8, 4) is 0 Å². The molecule has 0 spiro atoms. The number of aliphatic hydroxyl groups is 7. The highest BCUT2D eigenvalue weighted by atomic mass is 16.7. The number of fused-ring (bicyclic) bond motifs is 7. The molecule has 0 amide bonds. The van der Waals surface area contributed by atoms with Gasteiger partial charge in [0, 0.05) is 5.41 Å². The highest BCUT2D eigenvalue weighted by Gasteiger charge is 2.71. The van der Waals surface area contributed by atoms with Crippen LogP contribution in [-0.2, 0) is 14.3 Å². The number of rotatable bonds is 4. The molecular weight excluding hydrogens is 592 g/mol. The molecular formula is C36H58O10. The largest absolute Gasteiger partial charge is 0.432 e. The van der Waals surface area contributed by atoms with Crippen molar-refractivity contribution in [2.75, 3.05) is 13.2 Å². The molecule has 6 rings (SSSR count). The van der Waals surface area contributed by atoms with Crippen LogP contribution in [-0.4, -0.2) is 97.8 Å². The van der Waals surface area contributed by atoms with Crippen LogP contribution in [0.4, 0.5) is 0 Å². The highest BCUT2D eigenvalue weighted by molar-refractivity contribution is 5.79. The van der Waals surface area contributed by atoms with Crippen LogP contribution in [0.2, 0.25) is 0 Å². The number of esters is 1. The minimum absolute atomic E-state index is 0.00930. The van der Waals surface area contributed by atoms with Gasteiger partial charge in [-0.15, -0.1) is 0 Å². The Bertz CT molecular complexity index is 1240. The molecule has 0 radical (unpaired) electrons. The summed E-state index contributed by atoms with van der Waals surface area (Å²) >= 11 is 0. The van der Waals surface area contributed by atoms with Crippen LogP contribution in [0.3, 0.4) is 0 Å². The Morgan fingerprint density at radius 3 is 2.20 bits per heavy atom. The van der Waals surface area contributed by atoms with Gasteiger partial charge in [0.2, 0.25) is 6.29 Å². The topological polar surface area (TPSA) is 177 Å². The lowest BCUT2D eigenvalue weighted by molar-refractivity contribution is -0.297. The van der Waals surface area contributed by atoms with Crippen molar-refractivity contribution >= 4 is 5.97 Å². The van der Waals surface area contributed by atoms with Gasteiger partial charge in [-0.25, -0.2) is 0 Å². The van der Waals surface area contributed by atoms with Gasteiger partial charge in [0.15, 0.2) is 0 Å². The molecule has 0 aromatic rings. The maximum Gasteiger partial charge on any atom is 0.315 e. The quantitative estimate of drug-likeness (QED) is 0.177. The van der Waals surface area contributed by atoms with E-state index in [9.17, 15) is 40.5 Å². The molecule has 4 saturated carbocycles. The van der Waals surface area contributed by atoms with Crippen LogP contribution >= 0.6 is 0 Å². The summed E-state index contributed by atoms with van der Waals surface area (Å²) < 4.78 is 11.5. The second kappa shape index (κ2) is 11.2. The van der Waals surface area contributed by atoms with E-state index in [4.69, 9.17) is 9.47 Å². The summed E-state index contributed by atoms with van der Waals surface area (Å²) in [6.45, 7) is 12.7. The Morgan fingerprint density at radius 2 is 1.54 bits per heavy atom. The zero-order valence-electron chi connectivity index (χ0n) is 28.5. The average molecular weight is 651 g/mol. The number of hydrogen-bond acceptors (Lipinski definition) is 10. The molecule has 1 aliphatic heterocycles. The van der Waals surface area contributed by atoms with Crippen LogP contribution < -0.4 is 0 Å². The Labute approximate surface area is 273 Å². The fourth-order valence-electron chi connectivity index (χ4n) is 12.1. The zero-order valence-corrected chi connectivity index (χ0v) is 28.5. The van der Waals surface area contributed by atoms with Gasteiger partial charge in [-0.05, 0) is 97.2 Å². The van der Waals surface area contributed by atoms with Crippen molar-refractivity contribution in [3.05, 3.63) is 11.6 Å². The predicted molar refractivity (Wildman–Crippen MR) is 168 cm³/mol. The molecule has 0 unspecified atom stereocenters. The SMILES string of the molecule is CC1(C)CC[C@]2(C(=O)O[C@@H]3O[C@H](CO)[C@@H](O)[C@H](O)[C@H]3O)CC[C@]3(C)C(=CC[C@@H]4[C@@]5(C)C[C@@H](O)[C@H](O)[C@@](C)(CO)[C@H]5CC[C@]43C)[C@H]2C1. The number of aliphatic hydroxyl groups excluding tert-OH is 7. The summed E-state index contributed by atoms with van der Waals surface area (Å²) in [5.74, 6) is -0.293. The fraction of sp³-hybridized carbons (Fsp3) is 0.917. The van der Waals surface area contributed by atoms with E-state index in [1.54, 1.807) is 0 Å². The van der Waals surface area contributed by atoms with E-state index in [-0.39, 0.29) is 46.0 Å². The molecule has 1 heterocycles. The number of ether oxygens (including phenoxy) is 2. The molecule has 0 aromatic heterocycles. The fourth-order valence-corrected chi connectivity index (χ4v) is 12.1. The monoisotopic (exact) mass is 650 g/mol. The van der Waals surface area contributed by atoms with Crippen molar-refractivity contribution in [1.29, 1.82) is 0 Å². The minimum Gasteiger partial charge on any atom is -0.432 e. The van der Waals surface area contributed by atoms with E-state index < -0.39 is 66.3 Å². The zero-order chi connectivity index (χ0) is 33.8. The second-order valence-corrected chi connectivity index (χ2v) is 17.9. The first-order valence-electron chi connectivity index (χ1n) is 17.5. The van der Waals surface area contributed by atoms with Crippen LogP contribution in [0, 0.1) is 50.2 Å². The molecule has 0 bridgehead atoms. The van der Waals surface area contributed by atoms with Crippen molar-refractivity contribution in [2.24, 2.45) is 50.2 Å². The Hall–Kier alpha value is -1.11. The summed E-state index contributed by atoms with van der Waals surface area (Å²) in [7, 11) is 0. The first kappa shape index (κ1) is 34.7. The van der Waals surface area contributed by atoms with Gasteiger partial charge in [-0.3, -0.25) is 4.79 Å². The first-order valence-corrected chi connectivity index (χ1v) is 17.5. The highest BCUT2D eigenvalue weighted by Crippen LogP contribution is 2.75. The average Bonchev–Trinajstić information content (AvgIpc) is 3.00. The lowest BCUT2D eigenvalue weighted by Gasteiger charge is -2.71. The third-order valence-corrected chi connectivity index (χ3v) is 15.2. The predicted octanol–water partition coefficient (Wildman–Crippen LogP) is 2.44. The third kappa shape index (κ3) is 4.60. The van der Waals surface area contributed by atoms with Gasteiger partial charge in [-0.1, -0.05) is 53.2 Å². The summed E-state index contributed by atoms with van der Waals surface area (Å²) in [5.41, 5.74) is -1.02. The summed E-state index contributed by atoms with van der Waals surface area (Å²) in [5, 5.41) is 73.8. The Balaban J connectivity index is 1.36. The van der Waals surface area contributed by atoms with Gasteiger partial charge in [0.25, 0.3) is 0 Å². The summed E-state index contributed by atoms with van der Waals surface area (Å²) in [6.07, 6.45) is -0.357. The van der Waals surface area contributed by atoms with Crippen molar-refractivity contribution < 1.29 is 50.0 Å². The van der Waals surface area contributed by atoms with Gasteiger partial charge in [-0.2, -0.15) is 0 Å². The maximum atomic E-state index is 14.4. The van der Waals surface area contributed by atoms with Crippen molar-refractivity contribution in [1.82, 2.24) is 0 Å². The lowest BCUT2D eigenvalue weighted by atomic mass is 9.33. The number of allylic oxidation sites excluding steroid dienone is 2. The Morgan fingerprint density at radius 1 is 0.870 bits per heavy atom. The van der Waals surface area contributed by atoms with E-state index in [1.165, 1.54) is 5.57 Å². The minimum atomic E-state index is -1.65. The third-order valence-electron chi connectivity index (χ3n) is 15.2. The summed E-state index contributed by atoms with van der Waals surface area (Å²) in [4.78, 5) is 14.4. The van der Waals surface area contributed by atoms with Gasteiger partial charge >= 0.3 is 5.97 Å². The molecule has 262 valence electrons. The van der Waals surface area contributed by atoms with E-state index in [0.717, 1.165) is 38.5 Å². The van der Waals surface area contributed by atoms with E-state index in [1.807, 2.05) is 6.92 Å². The molecule has 5 fully saturated rings. The van der Waals surface area contributed by atoms with E-state index in [2.05, 4.69) is 40.7 Å². The normalized spacial score (nSPS) is 54.8. The van der Waals surface area contributed by atoms with Crippen molar-refractivity contribution in [2.45, 2.75) is 142 Å². The van der Waals surface area contributed by atoms with Crippen LogP contribution in [0.5, 0.6) is 0 Å². The number of carbonyl (C=O) groups excluding carboxylic acids is 1. The van der Waals surface area contributed by atoms with Gasteiger partial charge < -0.3 is 45.2 Å². The Kier molecular flexibility index (Phi) is 8.46. The molecule has 1 saturated heterocycles.